The molecule has 0 unspecified atom stereocenters. The minimum Gasteiger partial charge on any atom is -0.284 e. The molecule has 0 bridgehead atoms. The molecule has 0 aromatic carbocycles. The summed E-state index contributed by atoms with van der Waals surface area (Å²) in [4.78, 5) is 0. The first-order chi connectivity index (χ1) is 4.45. The monoisotopic (exact) mass is 161 g/mol. The van der Waals surface area contributed by atoms with Crippen molar-refractivity contribution in [1.29, 1.82) is 0 Å². The Morgan fingerprint density at radius 1 is 1.60 bits per heavy atom. The third kappa shape index (κ3) is 5.37. The van der Waals surface area contributed by atoms with Gasteiger partial charge in [-0.25, -0.2) is 8.42 Å². The van der Waals surface area contributed by atoms with Gasteiger partial charge in [0.2, 0.25) is 10.0 Å². The van der Waals surface area contributed by atoms with Crippen LogP contribution < -0.4 is 4.72 Å². The minimum absolute atomic E-state index is 0.380. The first kappa shape index (κ1) is 9.23. The molecule has 0 heterocycles. The number of rotatable bonds is 3. The van der Waals surface area contributed by atoms with Gasteiger partial charge in [0.15, 0.2) is 0 Å². The fourth-order valence-electron chi connectivity index (χ4n) is 0.473. The molecule has 0 rings (SSSR count). The summed E-state index contributed by atoms with van der Waals surface area (Å²) in [7, 11) is -3.15. The Balaban J connectivity index is 4.07. The molecule has 1 N–H and O–H groups in total. The van der Waals surface area contributed by atoms with Crippen LogP contribution in [0.25, 0.3) is 0 Å². The Morgan fingerprint density at radius 2 is 2.10 bits per heavy atom. The molecule has 4 heteroatoms. The second-order valence-electron chi connectivity index (χ2n) is 1.90. The molecule has 0 saturated carbocycles. The summed E-state index contributed by atoms with van der Waals surface area (Å²) in [6.45, 7) is 5.24. The maximum absolute atomic E-state index is 10.5. The smallest absolute Gasteiger partial charge is 0.229 e. The molecular weight excluding hydrogens is 150 g/mol. The first-order valence-electron chi connectivity index (χ1n) is 2.75. The van der Waals surface area contributed by atoms with Crippen LogP contribution in [0.5, 0.6) is 0 Å². The molecule has 10 heavy (non-hydrogen) atoms. The van der Waals surface area contributed by atoms with Crippen LogP contribution in [-0.2, 0) is 10.0 Å². The van der Waals surface area contributed by atoms with E-state index in [9.17, 15) is 8.42 Å². The molecule has 0 spiro atoms. The maximum atomic E-state index is 10.5. The second-order valence-corrected chi connectivity index (χ2v) is 3.65. The van der Waals surface area contributed by atoms with E-state index in [1.54, 1.807) is 19.1 Å². The Kier molecular flexibility index (Phi) is 3.15. The van der Waals surface area contributed by atoms with Gasteiger partial charge in [0.1, 0.15) is 0 Å². The van der Waals surface area contributed by atoms with E-state index in [1.165, 1.54) is 0 Å². The number of nitrogens with one attached hydrogen (secondary N) is 1. The van der Waals surface area contributed by atoms with Gasteiger partial charge in [0, 0.05) is 5.70 Å². The van der Waals surface area contributed by atoms with Crippen molar-refractivity contribution < 1.29 is 8.42 Å². The average Bonchev–Trinajstić information content (AvgIpc) is 1.59. The average molecular weight is 161 g/mol. The van der Waals surface area contributed by atoms with Crippen molar-refractivity contribution in [1.82, 2.24) is 4.72 Å². The summed E-state index contributed by atoms with van der Waals surface area (Å²) < 4.78 is 23.2. The molecule has 0 aliphatic rings. The Bertz CT molecular complexity index is 238. The van der Waals surface area contributed by atoms with Crippen LogP contribution in [0.2, 0.25) is 0 Å². The standard InChI is InChI=1S/C6H11NO2S/c1-4-5-6(2)7-10(3,8)9/h4-5,7H,2H2,1,3H3/b5-4-. The predicted octanol–water partition coefficient (Wildman–Crippen LogP) is 0.625. The summed E-state index contributed by atoms with van der Waals surface area (Å²) >= 11 is 0. The summed E-state index contributed by atoms with van der Waals surface area (Å²) in [5, 5.41) is 0. The summed E-state index contributed by atoms with van der Waals surface area (Å²) in [6.07, 6.45) is 4.38. The van der Waals surface area contributed by atoms with Crippen molar-refractivity contribution in [2.45, 2.75) is 6.92 Å². The van der Waals surface area contributed by atoms with E-state index in [-0.39, 0.29) is 0 Å². The van der Waals surface area contributed by atoms with Crippen molar-refractivity contribution in [3.63, 3.8) is 0 Å². The molecule has 0 aliphatic heterocycles. The van der Waals surface area contributed by atoms with E-state index in [1.807, 2.05) is 0 Å². The second kappa shape index (κ2) is 3.41. The van der Waals surface area contributed by atoms with Crippen molar-refractivity contribution in [3.8, 4) is 0 Å². The minimum atomic E-state index is -3.15. The molecule has 0 aliphatic carbocycles. The Labute approximate surface area is 61.5 Å². The highest BCUT2D eigenvalue weighted by Gasteiger charge is 1.97. The third-order valence-corrected chi connectivity index (χ3v) is 1.32. The molecular formula is C6H11NO2S. The summed E-state index contributed by atoms with van der Waals surface area (Å²) in [5.74, 6) is 0. The number of hydrogen-bond acceptors (Lipinski definition) is 2. The molecule has 0 atom stereocenters. The van der Waals surface area contributed by atoms with Crippen molar-refractivity contribution in [2.24, 2.45) is 0 Å². The van der Waals surface area contributed by atoms with Crippen LogP contribution in [0.4, 0.5) is 0 Å². The van der Waals surface area contributed by atoms with E-state index in [2.05, 4.69) is 11.3 Å². The van der Waals surface area contributed by atoms with E-state index >= 15 is 0 Å². The van der Waals surface area contributed by atoms with Crippen molar-refractivity contribution in [3.05, 3.63) is 24.4 Å². The van der Waals surface area contributed by atoms with Gasteiger partial charge in [-0.05, 0) is 13.0 Å². The first-order valence-corrected chi connectivity index (χ1v) is 4.64. The van der Waals surface area contributed by atoms with Gasteiger partial charge < -0.3 is 0 Å². The lowest BCUT2D eigenvalue weighted by Gasteiger charge is -2.00. The highest BCUT2D eigenvalue weighted by Crippen LogP contribution is 1.88. The largest absolute Gasteiger partial charge is 0.284 e. The van der Waals surface area contributed by atoms with E-state index < -0.39 is 10.0 Å². The molecule has 0 fully saturated rings. The number of hydrogen-bond donors (Lipinski definition) is 1. The molecule has 0 radical (unpaired) electrons. The van der Waals surface area contributed by atoms with E-state index in [0.717, 1.165) is 6.26 Å². The van der Waals surface area contributed by atoms with E-state index in [4.69, 9.17) is 0 Å². The Hall–Kier alpha value is -0.770. The van der Waals surface area contributed by atoms with Crippen LogP contribution in [0, 0.1) is 0 Å². The van der Waals surface area contributed by atoms with Gasteiger partial charge in [-0.15, -0.1) is 0 Å². The molecule has 0 aromatic rings. The SMILES string of the molecule is C=C(/C=C\C)NS(C)(=O)=O. The van der Waals surface area contributed by atoms with Gasteiger partial charge >= 0.3 is 0 Å². The number of sulfonamides is 1. The summed E-state index contributed by atoms with van der Waals surface area (Å²) in [6, 6.07) is 0. The fraction of sp³-hybridized carbons (Fsp3) is 0.333. The lowest BCUT2D eigenvalue weighted by Crippen LogP contribution is -2.19. The van der Waals surface area contributed by atoms with Crippen LogP contribution in [-0.4, -0.2) is 14.7 Å². The number of allylic oxidation sites excluding steroid dienone is 2. The molecule has 0 amide bonds. The van der Waals surface area contributed by atoms with Gasteiger partial charge in [-0.1, -0.05) is 12.7 Å². The van der Waals surface area contributed by atoms with Crippen LogP contribution in [0.1, 0.15) is 6.92 Å². The predicted molar refractivity (Wildman–Crippen MR) is 41.9 cm³/mol. The molecule has 0 aromatic heterocycles. The lowest BCUT2D eigenvalue weighted by molar-refractivity contribution is 0.595. The zero-order valence-corrected chi connectivity index (χ0v) is 6.90. The topological polar surface area (TPSA) is 46.2 Å². The zero-order valence-electron chi connectivity index (χ0n) is 6.09. The third-order valence-electron chi connectivity index (χ3n) is 0.684. The van der Waals surface area contributed by atoms with Crippen molar-refractivity contribution in [2.75, 3.05) is 6.26 Å². The molecule has 3 nitrogen and oxygen atoms in total. The quantitative estimate of drug-likeness (QED) is 0.617. The Morgan fingerprint density at radius 3 is 2.40 bits per heavy atom. The highest BCUT2D eigenvalue weighted by atomic mass is 32.2. The zero-order chi connectivity index (χ0) is 8.20. The molecule has 0 saturated heterocycles. The van der Waals surface area contributed by atoms with Crippen molar-refractivity contribution >= 4 is 10.0 Å². The highest BCUT2D eigenvalue weighted by molar-refractivity contribution is 7.88. The lowest BCUT2D eigenvalue weighted by atomic mass is 10.4. The van der Waals surface area contributed by atoms with Crippen LogP contribution in [0.3, 0.4) is 0 Å². The maximum Gasteiger partial charge on any atom is 0.229 e. The van der Waals surface area contributed by atoms with Gasteiger partial charge in [0.25, 0.3) is 0 Å². The van der Waals surface area contributed by atoms with Gasteiger partial charge in [-0.3, -0.25) is 4.72 Å². The van der Waals surface area contributed by atoms with E-state index in [0.29, 0.717) is 5.70 Å². The van der Waals surface area contributed by atoms with Gasteiger partial charge in [-0.2, -0.15) is 0 Å². The van der Waals surface area contributed by atoms with Crippen LogP contribution in [0.15, 0.2) is 24.4 Å². The normalized spacial score (nSPS) is 11.8. The summed E-state index contributed by atoms with van der Waals surface area (Å²) in [5.41, 5.74) is 0.380. The van der Waals surface area contributed by atoms with Crippen LogP contribution >= 0.6 is 0 Å². The van der Waals surface area contributed by atoms with Gasteiger partial charge in [0.05, 0.1) is 6.26 Å². The molecule has 58 valence electrons. The fourth-order valence-corrected chi connectivity index (χ4v) is 1.02.